The average molecular weight is 269 g/mol. The van der Waals surface area contributed by atoms with Gasteiger partial charge >= 0.3 is 0 Å². The Morgan fingerprint density at radius 3 is 2.56 bits per heavy atom. The normalized spacial score (nSPS) is 18.4. The van der Waals surface area contributed by atoms with Crippen LogP contribution in [0.2, 0.25) is 0 Å². The Bertz CT molecular complexity index is 539. The molecule has 0 amide bonds. The largest absolute Gasteiger partial charge is 0.372 e. The van der Waals surface area contributed by atoms with Crippen molar-refractivity contribution in [1.29, 1.82) is 0 Å². The smallest absolute Gasteiger partial charge is 0.151 e. The number of rotatable bonds is 4. The maximum atomic E-state index is 11.7. The van der Waals surface area contributed by atoms with E-state index in [2.05, 4.69) is 5.32 Å². The van der Waals surface area contributed by atoms with Crippen molar-refractivity contribution < 1.29 is 13.2 Å². The van der Waals surface area contributed by atoms with Crippen LogP contribution in [-0.4, -0.2) is 27.0 Å². The van der Waals surface area contributed by atoms with Crippen LogP contribution >= 0.6 is 0 Å². The summed E-state index contributed by atoms with van der Waals surface area (Å²) in [5, 5.41) is 2.64. The highest BCUT2D eigenvalue weighted by molar-refractivity contribution is 7.91. The van der Waals surface area contributed by atoms with E-state index in [9.17, 15) is 8.42 Å². The average Bonchev–Trinajstić information content (AvgIpc) is 2.76. The highest BCUT2D eigenvalue weighted by Crippen LogP contribution is 2.27. The molecule has 0 bridgehead atoms. The Morgan fingerprint density at radius 1 is 1.28 bits per heavy atom. The van der Waals surface area contributed by atoms with Gasteiger partial charge < -0.3 is 10.1 Å². The van der Waals surface area contributed by atoms with Crippen molar-refractivity contribution in [3.05, 3.63) is 34.9 Å². The van der Waals surface area contributed by atoms with Crippen molar-refractivity contribution in [2.75, 3.05) is 13.3 Å². The van der Waals surface area contributed by atoms with Crippen molar-refractivity contribution in [3.8, 4) is 0 Å². The van der Waals surface area contributed by atoms with Crippen LogP contribution in [0.1, 0.15) is 29.7 Å². The van der Waals surface area contributed by atoms with E-state index >= 15 is 0 Å². The highest BCUT2D eigenvalue weighted by atomic mass is 32.2. The third-order valence-electron chi connectivity index (χ3n) is 3.56. The molecule has 4 nitrogen and oxygen atoms in total. The van der Waals surface area contributed by atoms with Gasteiger partial charge in [-0.15, -0.1) is 0 Å². The summed E-state index contributed by atoms with van der Waals surface area (Å²) in [6.07, 6.45) is 1.28. The molecule has 2 rings (SSSR count). The zero-order valence-electron chi connectivity index (χ0n) is 10.9. The second-order valence-corrected chi connectivity index (χ2v) is 7.22. The van der Waals surface area contributed by atoms with Crippen LogP contribution in [0.3, 0.4) is 0 Å². The van der Waals surface area contributed by atoms with Gasteiger partial charge in [0, 0.05) is 12.3 Å². The SMILES string of the molecule is CNC(c1ccc2c(c1)COC2)C(C)S(C)(=O)=O. The van der Waals surface area contributed by atoms with E-state index in [0.717, 1.165) is 11.1 Å². The van der Waals surface area contributed by atoms with E-state index < -0.39 is 15.1 Å². The molecule has 0 saturated heterocycles. The number of benzene rings is 1. The third-order valence-corrected chi connectivity index (χ3v) is 5.18. The number of fused-ring (bicyclic) bond motifs is 1. The van der Waals surface area contributed by atoms with Crippen LogP contribution in [0.5, 0.6) is 0 Å². The minimum Gasteiger partial charge on any atom is -0.372 e. The fraction of sp³-hybridized carbons (Fsp3) is 0.538. The molecule has 0 aromatic heterocycles. The lowest BCUT2D eigenvalue weighted by Crippen LogP contribution is -2.33. The number of nitrogens with one attached hydrogen (secondary N) is 1. The number of hydrogen-bond donors (Lipinski definition) is 1. The van der Waals surface area contributed by atoms with Crippen LogP contribution in [0.4, 0.5) is 0 Å². The molecule has 1 heterocycles. The zero-order valence-corrected chi connectivity index (χ0v) is 11.8. The Morgan fingerprint density at radius 2 is 1.94 bits per heavy atom. The van der Waals surface area contributed by atoms with Crippen LogP contribution in [0, 0.1) is 0 Å². The Labute approximate surface area is 108 Å². The number of ether oxygens (including phenoxy) is 1. The van der Waals surface area contributed by atoms with Crippen LogP contribution in [-0.2, 0) is 27.8 Å². The standard InChI is InChI=1S/C13H19NO3S/c1-9(18(3,15)16)13(14-2)10-4-5-11-7-17-8-12(11)6-10/h4-6,9,13-14H,7-8H2,1-3H3. The number of sulfone groups is 1. The summed E-state index contributed by atoms with van der Waals surface area (Å²) >= 11 is 0. The molecule has 0 radical (unpaired) electrons. The van der Waals surface area contributed by atoms with E-state index in [4.69, 9.17) is 4.74 Å². The van der Waals surface area contributed by atoms with E-state index in [-0.39, 0.29) is 6.04 Å². The van der Waals surface area contributed by atoms with Gasteiger partial charge in [0.1, 0.15) is 0 Å². The maximum absolute atomic E-state index is 11.7. The summed E-state index contributed by atoms with van der Waals surface area (Å²) in [6, 6.07) is 5.87. The second-order valence-electron chi connectivity index (χ2n) is 4.82. The molecule has 0 saturated carbocycles. The minimum atomic E-state index is -3.07. The van der Waals surface area contributed by atoms with Gasteiger partial charge in [0.05, 0.1) is 18.5 Å². The van der Waals surface area contributed by atoms with Gasteiger partial charge in [-0.25, -0.2) is 8.42 Å². The topological polar surface area (TPSA) is 55.4 Å². The summed E-state index contributed by atoms with van der Waals surface area (Å²) < 4.78 is 28.7. The molecule has 0 spiro atoms. The molecule has 2 unspecified atom stereocenters. The molecule has 2 atom stereocenters. The molecular formula is C13H19NO3S. The molecule has 18 heavy (non-hydrogen) atoms. The molecule has 1 aliphatic heterocycles. The molecule has 1 aromatic rings. The summed E-state index contributed by atoms with van der Waals surface area (Å²) in [5.74, 6) is 0. The van der Waals surface area contributed by atoms with Crippen molar-refractivity contribution in [2.24, 2.45) is 0 Å². The van der Waals surface area contributed by atoms with Gasteiger partial charge in [-0.3, -0.25) is 0 Å². The van der Waals surface area contributed by atoms with E-state index in [1.54, 1.807) is 14.0 Å². The Kier molecular flexibility index (Phi) is 3.75. The van der Waals surface area contributed by atoms with Crippen LogP contribution < -0.4 is 5.32 Å². The molecule has 0 aliphatic carbocycles. The van der Waals surface area contributed by atoms with Crippen LogP contribution in [0.25, 0.3) is 0 Å². The molecular weight excluding hydrogens is 250 g/mol. The Hall–Kier alpha value is -0.910. The fourth-order valence-electron chi connectivity index (χ4n) is 2.31. The molecule has 100 valence electrons. The zero-order chi connectivity index (χ0) is 13.3. The monoisotopic (exact) mass is 269 g/mol. The molecule has 1 aliphatic rings. The summed E-state index contributed by atoms with van der Waals surface area (Å²) in [4.78, 5) is 0. The van der Waals surface area contributed by atoms with Crippen molar-refractivity contribution in [3.63, 3.8) is 0 Å². The lowest BCUT2D eigenvalue weighted by Gasteiger charge is -2.23. The minimum absolute atomic E-state index is 0.189. The van der Waals surface area contributed by atoms with Gasteiger partial charge in [0.2, 0.25) is 0 Å². The van der Waals surface area contributed by atoms with Gasteiger partial charge in [-0.2, -0.15) is 0 Å². The maximum Gasteiger partial charge on any atom is 0.151 e. The summed E-state index contributed by atoms with van der Waals surface area (Å²) in [7, 11) is -1.28. The molecule has 0 fully saturated rings. The predicted molar refractivity (Wildman–Crippen MR) is 71.0 cm³/mol. The fourth-order valence-corrected chi connectivity index (χ4v) is 3.09. The lowest BCUT2D eigenvalue weighted by molar-refractivity contribution is 0.134. The lowest BCUT2D eigenvalue weighted by atomic mass is 9.99. The van der Waals surface area contributed by atoms with Crippen LogP contribution in [0.15, 0.2) is 18.2 Å². The van der Waals surface area contributed by atoms with Crippen molar-refractivity contribution in [2.45, 2.75) is 31.4 Å². The molecule has 1 aromatic carbocycles. The van der Waals surface area contributed by atoms with E-state index in [1.165, 1.54) is 11.8 Å². The predicted octanol–water partition coefficient (Wildman–Crippen LogP) is 1.41. The van der Waals surface area contributed by atoms with Gasteiger partial charge in [-0.1, -0.05) is 18.2 Å². The molecule has 5 heteroatoms. The molecule has 1 N–H and O–H groups in total. The van der Waals surface area contributed by atoms with Gasteiger partial charge in [0.15, 0.2) is 9.84 Å². The second kappa shape index (κ2) is 4.99. The van der Waals surface area contributed by atoms with Crippen molar-refractivity contribution >= 4 is 9.84 Å². The van der Waals surface area contributed by atoms with E-state index in [1.807, 2.05) is 18.2 Å². The highest BCUT2D eigenvalue weighted by Gasteiger charge is 2.27. The third kappa shape index (κ3) is 2.58. The van der Waals surface area contributed by atoms with E-state index in [0.29, 0.717) is 13.2 Å². The van der Waals surface area contributed by atoms with Gasteiger partial charge in [-0.05, 0) is 30.7 Å². The first kappa shape index (κ1) is 13.5. The van der Waals surface area contributed by atoms with Crippen molar-refractivity contribution in [1.82, 2.24) is 5.32 Å². The summed E-state index contributed by atoms with van der Waals surface area (Å²) in [6.45, 7) is 3.01. The van der Waals surface area contributed by atoms with Gasteiger partial charge in [0.25, 0.3) is 0 Å². The first-order valence-electron chi connectivity index (χ1n) is 5.99. The quantitative estimate of drug-likeness (QED) is 0.898. The first-order chi connectivity index (χ1) is 8.43. The summed E-state index contributed by atoms with van der Waals surface area (Å²) in [5.41, 5.74) is 3.36. The number of hydrogen-bond acceptors (Lipinski definition) is 4. The first-order valence-corrected chi connectivity index (χ1v) is 7.94. The Balaban J connectivity index is 2.34.